The Morgan fingerprint density at radius 1 is 1.03 bits per heavy atom. The van der Waals surface area contributed by atoms with Crippen molar-refractivity contribution in [2.24, 2.45) is 11.8 Å². The van der Waals surface area contributed by atoms with Crippen LogP contribution in [-0.2, 0) is 9.59 Å². The lowest BCUT2D eigenvalue weighted by atomic mass is 9.71. The maximum atomic E-state index is 12.5. The van der Waals surface area contributed by atoms with Crippen LogP contribution >= 0.6 is 0 Å². The standard InChI is InChI=1S/C23H30O6/c1-12(2)17-9-8-13(3)10-18(17)22-19(27-7)11-20(28-15(5)25)21(14(4)24)23(22)29-16(6)26/h10-12,17-18H,8-9H2,1-7H3/t17-,18+/m1/s1. The van der Waals surface area contributed by atoms with Gasteiger partial charge in [-0.05, 0) is 38.5 Å². The number of Topliss-reactive ketones (excluding diaryl/α,β-unsaturated/α-hetero) is 1. The van der Waals surface area contributed by atoms with Crippen LogP contribution in [-0.4, -0.2) is 24.8 Å². The van der Waals surface area contributed by atoms with Gasteiger partial charge < -0.3 is 14.2 Å². The van der Waals surface area contributed by atoms with Crippen molar-refractivity contribution in [3.8, 4) is 17.2 Å². The van der Waals surface area contributed by atoms with Crippen LogP contribution < -0.4 is 14.2 Å². The van der Waals surface area contributed by atoms with Crippen molar-refractivity contribution in [1.82, 2.24) is 0 Å². The fourth-order valence-electron chi connectivity index (χ4n) is 4.06. The highest BCUT2D eigenvalue weighted by atomic mass is 16.5. The van der Waals surface area contributed by atoms with E-state index in [1.54, 1.807) is 0 Å². The monoisotopic (exact) mass is 402 g/mol. The van der Waals surface area contributed by atoms with Crippen LogP contribution in [0.3, 0.4) is 0 Å². The van der Waals surface area contributed by atoms with Crippen LogP contribution in [0.15, 0.2) is 17.7 Å². The minimum absolute atomic E-state index is 0.0273. The summed E-state index contributed by atoms with van der Waals surface area (Å²) in [5, 5.41) is 0. The normalized spacial score (nSPS) is 18.8. The van der Waals surface area contributed by atoms with Crippen molar-refractivity contribution in [2.75, 3.05) is 7.11 Å². The third-order valence-electron chi connectivity index (χ3n) is 5.30. The predicted molar refractivity (Wildman–Crippen MR) is 110 cm³/mol. The summed E-state index contributed by atoms with van der Waals surface area (Å²) in [7, 11) is 1.51. The first-order valence-corrected chi connectivity index (χ1v) is 9.86. The second-order valence-electron chi connectivity index (χ2n) is 7.92. The minimum atomic E-state index is -0.579. The zero-order chi connectivity index (χ0) is 21.9. The maximum absolute atomic E-state index is 12.5. The fourth-order valence-corrected chi connectivity index (χ4v) is 4.06. The Hall–Kier alpha value is -2.63. The molecule has 0 spiro atoms. The molecule has 1 aliphatic carbocycles. The molecule has 0 saturated heterocycles. The molecule has 0 saturated carbocycles. The molecule has 0 unspecified atom stereocenters. The van der Waals surface area contributed by atoms with Gasteiger partial charge in [0.1, 0.15) is 17.1 Å². The first kappa shape index (κ1) is 22.7. The number of carbonyl (C=O) groups excluding carboxylic acids is 3. The number of methoxy groups -OCH3 is 1. The van der Waals surface area contributed by atoms with Crippen molar-refractivity contribution in [3.63, 3.8) is 0 Å². The van der Waals surface area contributed by atoms with Gasteiger partial charge in [0.25, 0.3) is 0 Å². The van der Waals surface area contributed by atoms with Gasteiger partial charge in [-0.2, -0.15) is 0 Å². The van der Waals surface area contributed by atoms with Crippen LogP contribution in [0.1, 0.15) is 76.2 Å². The van der Waals surface area contributed by atoms with Gasteiger partial charge in [-0.1, -0.05) is 25.5 Å². The molecule has 6 heteroatoms. The fraction of sp³-hybridized carbons (Fsp3) is 0.522. The highest BCUT2D eigenvalue weighted by molar-refractivity contribution is 6.02. The van der Waals surface area contributed by atoms with Gasteiger partial charge in [-0.3, -0.25) is 14.4 Å². The molecular weight excluding hydrogens is 372 g/mol. The number of hydrogen-bond donors (Lipinski definition) is 0. The van der Waals surface area contributed by atoms with Crippen molar-refractivity contribution < 1.29 is 28.6 Å². The van der Waals surface area contributed by atoms with Gasteiger partial charge in [0.2, 0.25) is 0 Å². The third kappa shape index (κ3) is 5.05. The smallest absolute Gasteiger partial charge is 0.308 e. The zero-order valence-electron chi connectivity index (χ0n) is 18.3. The Balaban J connectivity index is 2.89. The molecule has 2 rings (SSSR count). The van der Waals surface area contributed by atoms with E-state index in [9.17, 15) is 14.4 Å². The number of benzene rings is 1. The molecule has 158 valence electrons. The van der Waals surface area contributed by atoms with E-state index < -0.39 is 11.9 Å². The molecule has 6 nitrogen and oxygen atoms in total. The number of rotatable bonds is 6. The summed E-state index contributed by atoms with van der Waals surface area (Å²) in [6.45, 7) is 10.3. The average molecular weight is 402 g/mol. The Labute approximate surface area is 172 Å². The van der Waals surface area contributed by atoms with Crippen LogP contribution in [0.5, 0.6) is 17.2 Å². The van der Waals surface area contributed by atoms with Gasteiger partial charge in [0.15, 0.2) is 11.5 Å². The Bertz CT molecular complexity index is 849. The van der Waals surface area contributed by atoms with E-state index in [0.29, 0.717) is 17.2 Å². The van der Waals surface area contributed by atoms with Crippen molar-refractivity contribution in [3.05, 3.63) is 28.8 Å². The number of carbonyl (C=O) groups is 3. The van der Waals surface area contributed by atoms with E-state index >= 15 is 0 Å². The number of esters is 2. The van der Waals surface area contributed by atoms with E-state index in [1.807, 2.05) is 0 Å². The highest BCUT2D eigenvalue weighted by Gasteiger charge is 2.35. The highest BCUT2D eigenvalue weighted by Crippen LogP contribution is 2.50. The first-order valence-electron chi connectivity index (χ1n) is 9.86. The molecular formula is C23H30O6. The van der Waals surface area contributed by atoms with Gasteiger partial charge in [-0.25, -0.2) is 0 Å². The molecule has 0 aromatic heterocycles. The largest absolute Gasteiger partial charge is 0.496 e. The molecule has 29 heavy (non-hydrogen) atoms. The maximum Gasteiger partial charge on any atom is 0.308 e. The summed E-state index contributed by atoms with van der Waals surface area (Å²) in [6, 6.07) is 1.54. The number of allylic oxidation sites excluding steroid dienone is 2. The zero-order valence-corrected chi connectivity index (χ0v) is 18.3. The average Bonchev–Trinajstić information content (AvgIpc) is 2.59. The van der Waals surface area contributed by atoms with Crippen LogP contribution in [0.2, 0.25) is 0 Å². The van der Waals surface area contributed by atoms with E-state index in [2.05, 4.69) is 26.8 Å². The lowest BCUT2D eigenvalue weighted by molar-refractivity contribution is -0.132. The van der Waals surface area contributed by atoms with E-state index in [0.717, 1.165) is 12.8 Å². The van der Waals surface area contributed by atoms with Crippen LogP contribution in [0.4, 0.5) is 0 Å². The molecule has 1 aliphatic rings. The topological polar surface area (TPSA) is 78.9 Å². The molecule has 0 amide bonds. The molecule has 0 radical (unpaired) electrons. The van der Waals surface area contributed by atoms with E-state index in [4.69, 9.17) is 14.2 Å². The third-order valence-corrected chi connectivity index (χ3v) is 5.30. The van der Waals surface area contributed by atoms with Crippen molar-refractivity contribution in [1.29, 1.82) is 0 Å². The second kappa shape index (κ2) is 9.25. The van der Waals surface area contributed by atoms with Gasteiger partial charge in [0.05, 0.1) is 7.11 Å². The lowest BCUT2D eigenvalue weighted by Crippen LogP contribution is -2.23. The number of ether oxygens (including phenoxy) is 3. The molecule has 1 aromatic rings. The summed E-state index contributed by atoms with van der Waals surface area (Å²) in [6.07, 6.45) is 4.14. The predicted octanol–water partition coefficient (Wildman–Crippen LogP) is 4.84. The summed E-state index contributed by atoms with van der Waals surface area (Å²) in [4.78, 5) is 36.1. The summed E-state index contributed by atoms with van der Waals surface area (Å²) >= 11 is 0. The van der Waals surface area contributed by atoms with Crippen LogP contribution in [0.25, 0.3) is 0 Å². The molecule has 0 N–H and O–H groups in total. The van der Waals surface area contributed by atoms with Gasteiger partial charge in [-0.15, -0.1) is 0 Å². The Morgan fingerprint density at radius 3 is 2.14 bits per heavy atom. The quantitative estimate of drug-likeness (QED) is 0.293. The van der Waals surface area contributed by atoms with E-state index in [1.165, 1.54) is 39.5 Å². The Kier molecular flexibility index (Phi) is 7.22. The van der Waals surface area contributed by atoms with Gasteiger partial charge in [0, 0.05) is 31.4 Å². The van der Waals surface area contributed by atoms with Crippen molar-refractivity contribution in [2.45, 2.75) is 60.3 Å². The molecule has 0 bridgehead atoms. The van der Waals surface area contributed by atoms with E-state index in [-0.39, 0.29) is 34.7 Å². The second-order valence-corrected chi connectivity index (χ2v) is 7.92. The Morgan fingerprint density at radius 2 is 1.66 bits per heavy atom. The number of hydrogen-bond acceptors (Lipinski definition) is 6. The lowest BCUT2D eigenvalue weighted by Gasteiger charge is -2.35. The number of ketones is 1. The molecule has 0 fully saturated rings. The van der Waals surface area contributed by atoms with Crippen molar-refractivity contribution >= 4 is 17.7 Å². The minimum Gasteiger partial charge on any atom is -0.496 e. The summed E-state index contributed by atoms with van der Waals surface area (Å²) in [5.41, 5.74) is 1.95. The van der Waals surface area contributed by atoms with Crippen LogP contribution in [0, 0.1) is 11.8 Å². The molecule has 1 aromatic carbocycles. The first-order chi connectivity index (χ1) is 13.6. The molecule has 0 heterocycles. The van der Waals surface area contributed by atoms with Gasteiger partial charge >= 0.3 is 11.9 Å². The summed E-state index contributed by atoms with van der Waals surface area (Å²) in [5.74, 6) is -0.394. The molecule has 2 atom stereocenters. The summed E-state index contributed by atoms with van der Waals surface area (Å²) < 4.78 is 16.4. The SMILES string of the molecule is COc1cc(OC(C)=O)c(C(C)=O)c(OC(C)=O)c1[C@H]1C=C(C)CC[C@@H]1C(C)C. The molecule has 0 aliphatic heterocycles.